The number of carbonyl (C=O) groups excluding carboxylic acids is 2. The third-order valence-corrected chi connectivity index (χ3v) is 8.90. The van der Waals surface area contributed by atoms with Gasteiger partial charge in [-0.15, -0.1) is 0 Å². The molecule has 8 nitrogen and oxygen atoms in total. The highest BCUT2D eigenvalue weighted by molar-refractivity contribution is 7.92. The van der Waals surface area contributed by atoms with Gasteiger partial charge < -0.3 is 15.0 Å². The van der Waals surface area contributed by atoms with Crippen molar-refractivity contribution in [3.05, 3.63) is 126 Å². The van der Waals surface area contributed by atoms with E-state index >= 15 is 4.39 Å². The van der Waals surface area contributed by atoms with Crippen LogP contribution in [0.4, 0.5) is 14.5 Å². The van der Waals surface area contributed by atoms with Crippen molar-refractivity contribution in [1.29, 1.82) is 0 Å². The van der Waals surface area contributed by atoms with Gasteiger partial charge in [0.1, 0.15) is 30.0 Å². The summed E-state index contributed by atoms with van der Waals surface area (Å²) in [5, 5.41) is 2.92. The zero-order chi connectivity index (χ0) is 33.5. The molecule has 0 saturated carbocycles. The van der Waals surface area contributed by atoms with Crippen LogP contribution in [0.2, 0.25) is 0 Å². The molecule has 4 rings (SSSR count). The number of nitrogens with one attached hydrogen (secondary N) is 1. The number of hydrogen-bond acceptors (Lipinski definition) is 5. The Balaban J connectivity index is 1.82. The molecule has 11 heteroatoms. The quantitative estimate of drug-likeness (QED) is 0.212. The molecule has 0 radical (unpaired) electrons. The van der Waals surface area contributed by atoms with Crippen molar-refractivity contribution in [2.45, 2.75) is 50.2 Å². The van der Waals surface area contributed by atoms with Crippen molar-refractivity contribution >= 4 is 27.5 Å². The predicted octanol–water partition coefficient (Wildman–Crippen LogP) is 5.72. The highest BCUT2D eigenvalue weighted by atomic mass is 32.2. The number of rotatable bonds is 12. The topological polar surface area (TPSA) is 96.0 Å². The number of methoxy groups -OCH3 is 1. The van der Waals surface area contributed by atoms with E-state index in [1.807, 2.05) is 18.2 Å². The summed E-state index contributed by atoms with van der Waals surface area (Å²) in [5.41, 5.74) is 0.236. The van der Waals surface area contributed by atoms with E-state index in [9.17, 15) is 22.4 Å². The Morgan fingerprint density at radius 1 is 0.848 bits per heavy atom. The van der Waals surface area contributed by atoms with Crippen LogP contribution in [0.3, 0.4) is 0 Å². The normalized spacial score (nSPS) is 12.2. The molecular weight excluding hydrogens is 612 g/mol. The van der Waals surface area contributed by atoms with Crippen LogP contribution in [0.1, 0.15) is 31.9 Å². The highest BCUT2D eigenvalue weighted by Gasteiger charge is 2.36. The fourth-order valence-corrected chi connectivity index (χ4v) is 6.24. The van der Waals surface area contributed by atoms with Crippen molar-refractivity contribution in [2.75, 3.05) is 18.0 Å². The van der Waals surface area contributed by atoms with E-state index in [-0.39, 0.29) is 29.1 Å². The maximum atomic E-state index is 15.0. The molecule has 1 atom stereocenters. The monoisotopic (exact) mass is 649 g/mol. The van der Waals surface area contributed by atoms with Gasteiger partial charge in [0.05, 0.1) is 17.7 Å². The minimum Gasteiger partial charge on any atom is -0.497 e. The molecule has 242 valence electrons. The number of hydrogen-bond donors (Lipinski definition) is 1. The standard InChI is InChI=1S/C35H37F2N3O5S/c1-35(2,3)38-34(42)32(22-25-10-6-5-7-11-25)39(23-26-12-8-9-13-31(26)37)33(41)24-40(28-16-14-27(36)15-17-28)46(43,44)30-20-18-29(45-4)19-21-30/h5-21,32H,22-24H2,1-4H3,(H,38,42)/t32-/m0/s1. The van der Waals surface area contributed by atoms with Gasteiger partial charge in [0.15, 0.2) is 0 Å². The summed E-state index contributed by atoms with van der Waals surface area (Å²) >= 11 is 0. The average molecular weight is 650 g/mol. The van der Waals surface area contributed by atoms with Crippen molar-refractivity contribution in [1.82, 2.24) is 10.2 Å². The summed E-state index contributed by atoms with van der Waals surface area (Å²) in [4.78, 5) is 29.3. The lowest BCUT2D eigenvalue weighted by atomic mass is 10.0. The lowest BCUT2D eigenvalue weighted by Gasteiger charge is -2.35. The van der Waals surface area contributed by atoms with Crippen LogP contribution >= 0.6 is 0 Å². The average Bonchev–Trinajstić information content (AvgIpc) is 3.02. The lowest BCUT2D eigenvalue weighted by molar-refractivity contribution is -0.140. The van der Waals surface area contributed by atoms with Crippen LogP contribution in [0.15, 0.2) is 108 Å². The van der Waals surface area contributed by atoms with Gasteiger partial charge in [-0.2, -0.15) is 0 Å². The molecule has 2 amide bonds. The predicted molar refractivity (Wildman–Crippen MR) is 173 cm³/mol. The molecule has 0 fully saturated rings. The van der Waals surface area contributed by atoms with E-state index in [2.05, 4.69) is 5.32 Å². The molecule has 0 aliphatic rings. The second-order valence-electron chi connectivity index (χ2n) is 11.7. The molecule has 4 aromatic rings. The third-order valence-electron chi connectivity index (χ3n) is 7.11. The van der Waals surface area contributed by atoms with Gasteiger partial charge in [-0.25, -0.2) is 17.2 Å². The fourth-order valence-electron chi connectivity index (χ4n) is 4.83. The highest BCUT2D eigenvalue weighted by Crippen LogP contribution is 2.27. The van der Waals surface area contributed by atoms with Crippen molar-refractivity contribution in [3.63, 3.8) is 0 Å². The molecule has 1 N–H and O–H groups in total. The largest absolute Gasteiger partial charge is 0.497 e. The molecular formula is C35H37F2N3O5S. The summed E-state index contributed by atoms with van der Waals surface area (Å²) < 4.78 is 63.1. The Hall–Kier alpha value is -4.77. The molecule has 0 spiro atoms. The molecule has 0 saturated heterocycles. The molecule has 0 unspecified atom stereocenters. The van der Waals surface area contributed by atoms with Gasteiger partial charge in [0, 0.05) is 24.1 Å². The number of amides is 2. The number of benzene rings is 4. The van der Waals surface area contributed by atoms with E-state index in [0.717, 1.165) is 22.0 Å². The van der Waals surface area contributed by atoms with Crippen molar-refractivity contribution in [3.8, 4) is 5.75 Å². The first-order valence-electron chi connectivity index (χ1n) is 14.6. The van der Waals surface area contributed by atoms with E-state index in [0.29, 0.717) is 5.75 Å². The summed E-state index contributed by atoms with van der Waals surface area (Å²) in [6, 6.07) is 24.0. The minimum atomic E-state index is -4.40. The van der Waals surface area contributed by atoms with Crippen LogP contribution in [-0.2, 0) is 32.6 Å². The molecule has 0 aliphatic carbocycles. The van der Waals surface area contributed by atoms with Crippen molar-refractivity contribution < 1.29 is 31.5 Å². The van der Waals surface area contributed by atoms with E-state index in [1.165, 1.54) is 66.6 Å². The Labute approximate surface area is 268 Å². The molecule has 0 bridgehead atoms. The molecule has 0 aromatic heterocycles. The van der Waals surface area contributed by atoms with Gasteiger partial charge in [-0.1, -0.05) is 48.5 Å². The van der Waals surface area contributed by atoms with Gasteiger partial charge in [0.25, 0.3) is 10.0 Å². The number of ether oxygens (including phenoxy) is 1. The van der Waals surface area contributed by atoms with Gasteiger partial charge in [0.2, 0.25) is 11.8 Å². The first-order chi connectivity index (χ1) is 21.8. The first kappa shape index (κ1) is 34.1. The maximum absolute atomic E-state index is 15.0. The second-order valence-corrected chi connectivity index (χ2v) is 13.6. The fraction of sp³-hybridized carbons (Fsp3) is 0.257. The van der Waals surface area contributed by atoms with Crippen LogP contribution in [0, 0.1) is 11.6 Å². The van der Waals surface area contributed by atoms with Gasteiger partial charge >= 0.3 is 0 Å². The Kier molecular flexibility index (Phi) is 10.8. The number of halogens is 2. The molecule has 46 heavy (non-hydrogen) atoms. The summed E-state index contributed by atoms with van der Waals surface area (Å²) in [7, 11) is -2.96. The summed E-state index contributed by atoms with van der Waals surface area (Å²) in [6.07, 6.45) is 0.0741. The second kappa shape index (κ2) is 14.6. The Morgan fingerprint density at radius 2 is 1.46 bits per heavy atom. The number of anilines is 1. The van der Waals surface area contributed by atoms with Crippen LogP contribution in [0.25, 0.3) is 0 Å². The summed E-state index contributed by atoms with van der Waals surface area (Å²) in [5.74, 6) is -2.02. The number of nitrogens with zero attached hydrogens (tertiary/aromatic N) is 2. The summed E-state index contributed by atoms with van der Waals surface area (Å²) in [6.45, 7) is 4.31. The molecule has 4 aromatic carbocycles. The minimum absolute atomic E-state index is 0.0233. The number of sulfonamides is 1. The zero-order valence-electron chi connectivity index (χ0n) is 26.1. The Morgan fingerprint density at radius 3 is 2.04 bits per heavy atom. The van der Waals surface area contributed by atoms with Crippen LogP contribution in [0.5, 0.6) is 5.75 Å². The molecule has 0 aliphatic heterocycles. The Bertz CT molecular complexity index is 1740. The third kappa shape index (κ3) is 8.69. The maximum Gasteiger partial charge on any atom is 0.264 e. The van der Waals surface area contributed by atoms with Crippen LogP contribution in [-0.4, -0.2) is 50.4 Å². The van der Waals surface area contributed by atoms with Crippen LogP contribution < -0.4 is 14.4 Å². The van der Waals surface area contributed by atoms with Gasteiger partial charge in [-0.05, 0) is 80.9 Å². The van der Waals surface area contributed by atoms with E-state index < -0.39 is 51.6 Å². The van der Waals surface area contributed by atoms with Gasteiger partial charge in [-0.3, -0.25) is 13.9 Å². The van der Waals surface area contributed by atoms with Crippen molar-refractivity contribution in [2.24, 2.45) is 0 Å². The van der Waals surface area contributed by atoms with E-state index in [1.54, 1.807) is 39.0 Å². The lowest BCUT2D eigenvalue weighted by Crippen LogP contribution is -2.56. The number of carbonyl (C=O) groups is 2. The van der Waals surface area contributed by atoms with E-state index in [4.69, 9.17) is 4.74 Å². The SMILES string of the molecule is COc1ccc(S(=O)(=O)N(CC(=O)N(Cc2ccccc2F)[C@@H](Cc2ccccc2)C(=O)NC(C)(C)C)c2ccc(F)cc2)cc1. The smallest absolute Gasteiger partial charge is 0.264 e. The first-order valence-corrected chi connectivity index (χ1v) is 16.0. The zero-order valence-corrected chi connectivity index (χ0v) is 26.9. The molecule has 0 heterocycles.